The molecule has 2 nitrogen and oxygen atoms in total. The van der Waals surface area contributed by atoms with Crippen LogP contribution in [0.1, 0.15) is 10.9 Å². The van der Waals surface area contributed by atoms with Crippen LogP contribution in [0.15, 0.2) is 10.5 Å². The van der Waals surface area contributed by atoms with Gasteiger partial charge in [0.15, 0.2) is 0 Å². The van der Waals surface area contributed by atoms with Gasteiger partial charge in [0.1, 0.15) is 4.34 Å². The largest absolute Gasteiger partial charge is 0.401 e. The minimum atomic E-state index is -4.30. The van der Waals surface area contributed by atoms with Crippen LogP contribution in [0.2, 0.25) is 4.34 Å². The van der Waals surface area contributed by atoms with Gasteiger partial charge in [-0.25, -0.2) is 0 Å². The van der Waals surface area contributed by atoms with Crippen molar-refractivity contribution in [2.24, 2.45) is 0 Å². The highest BCUT2D eigenvalue weighted by atomic mass is 79.9. The molecule has 0 saturated heterocycles. The van der Waals surface area contributed by atoms with Crippen LogP contribution in [-0.2, 0) is 0 Å². The lowest BCUT2D eigenvalue weighted by molar-refractivity contribution is -0.126. The fourth-order valence-corrected chi connectivity index (χ4v) is 2.83. The first kappa shape index (κ1) is 14.2. The number of thiophene rings is 1. The zero-order chi connectivity index (χ0) is 12.3. The number of hydrogen-bond acceptors (Lipinski definition) is 3. The topological polar surface area (TPSA) is 32.3 Å². The summed E-state index contributed by atoms with van der Waals surface area (Å²) in [6.45, 7) is -1.56. The van der Waals surface area contributed by atoms with E-state index in [9.17, 15) is 13.2 Å². The third kappa shape index (κ3) is 4.21. The molecule has 92 valence electrons. The summed E-state index contributed by atoms with van der Waals surface area (Å²) < 4.78 is 37.0. The predicted molar refractivity (Wildman–Crippen MR) is 60.9 cm³/mol. The monoisotopic (exact) mass is 337 g/mol. The molecule has 0 spiro atoms. The molecule has 0 bridgehead atoms. The van der Waals surface area contributed by atoms with Crippen molar-refractivity contribution in [3.63, 3.8) is 0 Å². The summed E-state index contributed by atoms with van der Waals surface area (Å²) >= 11 is 10.0. The van der Waals surface area contributed by atoms with Gasteiger partial charge in [-0.05, 0) is 22.0 Å². The third-order valence-corrected chi connectivity index (χ3v) is 4.33. The summed E-state index contributed by atoms with van der Waals surface area (Å²) in [6.07, 6.45) is -4.30. The van der Waals surface area contributed by atoms with E-state index in [2.05, 4.69) is 21.2 Å². The van der Waals surface area contributed by atoms with Gasteiger partial charge in [0.25, 0.3) is 0 Å². The van der Waals surface area contributed by atoms with Gasteiger partial charge in [0, 0.05) is 9.35 Å². The second-order valence-corrected chi connectivity index (χ2v) is 5.54. The Morgan fingerprint density at radius 1 is 1.56 bits per heavy atom. The summed E-state index contributed by atoms with van der Waals surface area (Å²) in [7, 11) is 0. The molecule has 1 unspecified atom stereocenters. The van der Waals surface area contributed by atoms with Crippen LogP contribution < -0.4 is 5.32 Å². The lowest BCUT2D eigenvalue weighted by Crippen LogP contribution is -2.33. The Morgan fingerprint density at radius 2 is 2.19 bits per heavy atom. The standard InChI is InChI=1S/C8H8BrClF3NOS/c9-4-1-6(16-7(4)10)5(2-15)14-3-8(11,12)13/h1,5,14-15H,2-3H2. The van der Waals surface area contributed by atoms with Crippen molar-refractivity contribution in [2.45, 2.75) is 12.2 Å². The van der Waals surface area contributed by atoms with Gasteiger partial charge in [-0.15, -0.1) is 11.3 Å². The molecule has 1 aromatic rings. The predicted octanol–water partition coefficient (Wildman–Crippen LogP) is 3.35. The minimum Gasteiger partial charge on any atom is -0.394 e. The van der Waals surface area contributed by atoms with Crippen molar-refractivity contribution >= 4 is 38.9 Å². The van der Waals surface area contributed by atoms with Crippen LogP contribution >= 0.6 is 38.9 Å². The smallest absolute Gasteiger partial charge is 0.394 e. The first-order valence-corrected chi connectivity index (χ1v) is 6.18. The molecule has 1 rings (SSSR count). The molecule has 1 aromatic heterocycles. The molecule has 0 fully saturated rings. The van der Waals surface area contributed by atoms with Gasteiger partial charge >= 0.3 is 6.18 Å². The van der Waals surface area contributed by atoms with Gasteiger partial charge in [0.05, 0.1) is 19.2 Å². The van der Waals surface area contributed by atoms with E-state index in [-0.39, 0.29) is 0 Å². The Morgan fingerprint density at radius 3 is 2.56 bits per heavy atom. The third-order valence-electron chi connectivity index (χ3n) is 1.74. The Bertz CT molecular complexity index is 338. The highest BCUT2D eigenvalue weighted by Crippen LogP contribution is 2.35. The SMILES string of the molecule is OCC(NCC(F)(F)F)c1cc(Br)c(Cl)s1. The first-order chi connectivity index (χ1) is 7.33. The molecule has 0 aromatic carbocycles. The molecule has 16 heavy (non-hydrogen) atoms. The molecule has 0 aliphatic heterocycles. The second-order valence-electron chi connectivity index (χ2n) is 3.00. The minimum absolute atomic E-state index is 0.417. The number of hydrogen-bond donors (Lipinski definition) is 2. The maximum atomic E-state index is 12.0. The summed E-state index contributed by atoms with van der Waals surface area (Å²) in [5.41, 5.74) is 0. The normalized spacial score (nSPS) is 14.1. The van der Waals surface area contributed by atoms with Crippen LogP contribution in [0, 0.1) is 0 Å². The quantitative estimate of drug-likeness (QED) is 0.882. The molecule has 0 amide bonds. The van der Waals surface area contributed by atoms with E-state index in [4.69, 9.17) is 16.7 Å². The molecule has 1 heterocycles. The van der Waals surface area contributed by atoms with E-state index in [1.807, 2.05) is 0 Å². The molecule has 0 saturated carbocycles. The van der Waals surface area contributed by atoms with Crippen LogP contribution in [0.5, 0.6) is 0 Å². The lowest BCUT2D eigenvalue weighted by Gasteiger charge is -2.15. The van der Waals surface area contributed by atoms with Crippen molar-refractivity contribution in [1.29, 1.82) is 0 Å². The van der Waals surface area contributed by atoms with E-state index >= 15 is 0 Å². The molecular weight excluding hydrogens is 331 g/mol. The van der Waals surface area contributed by atoms with Crippen LogP contribution in [0.3, 0.4) is 0 Å². The van der Waals surface area contributed by atoms with E-state index < -0.39 is 25.4 Å². The van der Waals surface area contributed by atoms with E-state index in [0.29, 0.717) is 13.7 Å². The van der Waals surface area contributed by atoms with Gasteiger partial charge in [-0.1, -0.05) is 11.6 Å². The summed E-state index contributed by atoms with van der Waals surface area (Å²) in [6, 6.07) is 0.840. The maximum Gasteiger partial charge on any atom is 0.401 e. The average molecular weight is 339 g/mol. The number of aliphatic hydroxyl groups excluding tert-OH is 1. The van der Waals surface area contributed by atoms with E-state index in [0.717, 1.165) is 11.3 Å². The van der Waals surface area contributed by atoms with Crippen molar-refractivity contribution in [3.05, 3.63) is 19.8 Å². The molecular formula is C8H8BrClF3NOS. The number of alkyl halides is 3. The lowest BCUT2D eigenvalue weighted by atomic mass is 10.2. The fraction of sp³-hybridized carbons (Fsp3) is 0.500. The van der Waals surface area contributed by atoms with Gasteiger partial charge in [0.2, 0.25) is 0 Å². The Balaban J connectivity index is 2.68. The summed E-state index contributed by atoms with van der Waals surface area (Å²) in [5, 5.41) is 11.2. The molecule has 0 radical (unpaired) electrons. The van der Waals surface area contributed by atoms with Crippen molar-refractivity contribution < 1.29 is 18.3 Å². The molecule has 1 atom stereocenters. The Hall–Kier alpha value is 0.180. The van der Waals surface area contributed by atoms with Crippen LogP contribution in [-0.4, -0.2) is 24.4 Å². The van der Waals surface area contributed by atoms with Gasteiger partial charge in [-0.3, -0.25) is 5.32 Å². The number of aliphatic hydroxyl groups is 1. The number of halogens is 5. The van der Waals surface area contributed by atoms with Crippen molar-refractivity contribution in [3.8, 4) is 0 Å². The maximum absolute atomic E-state index is 12.0. The zero-order valence-electron chi connectivity index (χ0n) is 7.81. The van der Waals surface area contributed by atoms with Crippen LogP contribution in [0.25, 0.3) is 0 Å². The first-order valence-electron chi connectivity index (χ1n) is 4.19. The highest BCUT2D eigenvalue weighted by Gasteiger charge is 2.28. The van der Waals surface area contributed by atoms with Crippen molar-refractivity contribution in [1.82, 2.24) is 5.32 Å². The van der Waals surface area contributed by atoms with Crippen LogP contribution in [0.4, 0.5) is 13.2 Å². The Kier molecular flexibility index (Phi) is 5.06. The van der Waals surface area contributed by atoms with Gasteiger partial charge < -0.3 is 5.11 Å². The van der Waals surface area contributed by atoms with Crippen molar-refractivity contribution in [2.75, 3.05) is 13.2 Å². The van der Waals surface area contributed by atoms with E-state index in [1.54, 1.807) is 6.07 Å². The highest BCUT2D eigenvalue weighted by molar-refractivity contribution is 9.10. The van der Waals surface area contributed by atoms with Gasteiger partial charge in [-0.2, -0.15) is 13.2 Å². The number of rotatable bonds is 4. The fourth-order valence-electron chi connectivity index (χ4n) is 1.03. The molecule has 2 N–H and O–H groups in total. The zero-order valence-corrected chi connectivity index (χ0v) is 11.0. The second kappa shape index (κ2) is 5.68. The Labute approximate surface area is 108 Å². The molecule has 0 aliphatic rings. The average Bonchev–Trinajstić information content (AvgIpc) is 2.46. The molecule has 0 aliphatic carbocycles. The summed E-state index contributed by atoms with van der Waals surface area (Å²) in [4.78, 5) is 0.559. The number of nitrogens with one attached hydrogen (secondary N) is 1. The summed E-state index contributed by atoms with van der Waals surface area (Å²) in [5.74, 6) is 0. The molecule has 8 heteroatoms. The van der Waals surface area contributed by atoms with E-state index in [1.165, 1.54) is 0 Å².